The molecule has 0 fully saturated rings. The Kier molecular flexibility index (Phi) is 4.76. The van der Waals surface area contributed by atoms with Crippen LogP contribution in [0.3, 0.4) is 0 Å². The van der Waals surface area contributed by atoms with Gasteiger partial charge in [-0.25, -0.2) is 9.78 Å². The van der Waals surface area contributed by atoms with Crippen LogP contribution in [0.4, 0.5) is 5.82 Å². The molecular formula is C17H13N3O2S. The lowest BCUT2D eigenvalue weighted by molar-refractivity contribution is 0.0740. The summed E-state index contributed by atoms with van der Waals surface area (Å²) in [6, 6.07) is 16.2. The highest BCUT2D eigenvalue weighted by molar-refractivity contribution is 7.12. The molecule has 0 atom stereocenters. The van der Waals surface area contributed by atoms with Crippen molar-refractivity contribution in [1.82, 2.24) is 4.98 Å². The van der Waals surface area contributed by atoms with Crippen LogP contribution in [-0.2, 0) is 0 Å². The number of carbonyl (C=O) groups is 1. The Balaban J connectivity index is 1.57. The number of hydrogen-bond acceptors (Lipinski definition) is 6. The van der Waals surface area contributed by atoms with Gasteiger partial charge in [-0.15, -0.1) is 11.3 Å². The van der Waals surface area contributed by atoms with Crippen molar-refractivity contribution in [3.05, 3.63) is 76.6 Å². The number of carbonyl (C=O) groups excluding carboxylic acids is 1. The van der Waals surface area contributed by atoms with E-state index in [-0.39, 0.29) is 5.97 Å². The maximum atomic E-state index is 11.8. The van der Waals surface area contributed by atoms with Crippen LogP contribution in [-0.4, -0.2) is 17.2 Å². The summed E-state index contributed by atoms with van der Waals surface area (Å²) in [5.74, 6) is 0.821. The van der Waals surface area contributed by atoms with E-state index < -0.39 is 0 Å². The molecule has 3 aromatic rings. The molecule has 0 saturated heterocycles. The van der Waals surface area contributed by atoms with E-state index in [0.717, 1.165) is 5.56 Å². The summed E-state index contributed by atoms with van der Waals surface area (Å²) >= 11 is 1.35. The number of thiophene rings is 1. The Morgan fingerprint density at radius 2 is 2.00 bits per heavy atom. The highest BCUT2D eigenvalue weighted by Crippen LogP contribution is 2.16. The van der Waals surface area contributed by atoms with Gasteiger partial charge in [0.1, 0.15) is 16.4 Å². The van der Waals surface area contributed by atoms with Gasteiger partial charge in [0.15, 0.2) is 0 Å². The molecule has 23 heavy (non-hydrogen) atoms. The molecule has 2 heterocycles. The number of rotatable bonds is 5. The van der Waals surface area contributed by atoms with Gasteiger partial charge < -0.3 is 4.74 Å². The van der Waals surface area contributed by atoms with Gasteiger partial charge in [0.2, 0.25) is 0 Å². The molecule has 5 nitrogen and oxygen atoms in total. The zero-order valence-electron chi connectivity index (χ0n) is 12.0. The van der Waals surface area contributed by atoms with Crippen LogP contribution >= 0.6 is 11.3 Å². The first-order chi connectivity index (χ1) is 11.3. The summed E-state index contributed by atoms with van der Waals surface area (Å²) in [6.45, 7) is 0. The average molecular weight is 323 g/mol. The van der Waals surface area contributed by atoms with Gasteiger partial charge in [-0.3, -0.25) is 5.43 Å². The maximum Gasteiger partial charge on any atom is 0.353 e. The molecular weight excluding hydrogens is 310 g/mol. The number of anilines is 1. The molecule has 1 aromatic carbocycles. The standard InChI is InChI=1S/C17H13N3O2S/c21-17(15-4-3-11-23-15)22-14-8-6-13(7-9-14)12-19-20-16-5-1-2-10-18-16/h1-12H,(H,18,20)/b19-12+. The number of aromatic nitrogens is 1. The second-order valence-electron chi connectivity index (χ2n) is 4.52. The third kappa shape index (κ3) is 4.24. The summed E-state index contributed by atoms with van der Waals surface area (Å²) in [4.78, 5) is 16.5. The second-order valence-corrected chi connectivity index (χ2v) is 5.47. The monoisotopic (exact) mass is 323 g/mol. The van der Waals surface area contributed by atoms with Crippen LogP contribution < -0.4 is 10.2 Å². The number of ether oxygens (including phenoxy) is 1. The van der Waals surface area contributed by atoms with Crippen LogP contribution in [0, 0.1) is 0 Å². The fourth-order valence-corrected chi connectivity index (χ4v) is 2.37. The molecule has 0 radical (unpaired) electrons. The van der Waals surface area contributed by atoms with E-state index in [1.165, 1.54) is 11.3 Å². The van der Waals surface area contributed by atoms with Crippen LogP contribution in [0.2, 0.25) is 0 Å². The van der Waals surface area contributed by atoms with Gasteiger partial charge in [0, 0.05) is 6.20 Å². The fraction of sp³-hybridized carbons (Fsp3) is 0. The van der Waals surface area contributed by atoms with Crippen molar-refractivity contribution in [3.63, 3.8) is 0 Å². The van der Waals surface area contributed by atoms with Crippen molar-refractivity contribution in [1.29, 1.82) is 0 Å². The van der Waals surface area contributed by atoms with E-state index in [2.05, 4.69) is 15.5 Å². The van der Waals surface area contributed by atoms with Crippen molar-refractivity contribution < 1.29 is 9.53 Å². The van der Waals surface area contributed by atoms with E-state index in [9.17, 15) is 4.79 Å². The molecule has 1 N–H and O–H groups in total. The first-order valence-corrected chi connectivity index (χ1v) is 7.75. The lowest BCUT2D eigenvalue weighted by Gasteiger charge is -2.03. The lowest BCUT2D eigenvalue weighted by Crippen LogP contribution is -2.06. The SMILES string of the molecule is O=C(Oc1ccc(/C=N/Nc2ccccn2)cc1)c1cccs1. The molecule has 0 aliphatic carbocycles. The van der Waals surface area contributed by atoms with Gasteiger partial charge in [-0.05, 0) is 53.4 Å². The van der Waals surface area contributed by atoms with Crippen molar-refractivity contribution in [2.75, 3.05) is 5.43 Å². The third-order valence-electron chi connectivity index (χ3n) is 2.87. The predicted molar refractivity (Wildman–Crippen MR) is 91.2 cm³/mol. The number of pyridine rings is 1. The quantitative estimate of drug-likeness (QED) is 0.336. The van der Waals surface area contributed by atoms with E-state index in [0.29, 0.717) is 16.4 Å². The minimum Gasteiger partial charge on any atom is -0.422 e. The van der Waals surface area contributed by atoms with Crippen molar-refractivity contribution in [2.45, 2.75) is 0 Å². The highest BCUT2D eigenvalue weighted by atomic mass is 32.1. The van der Waals surface area contributed by atoms with Gasteiger partial charge in [0.25, 0.3) is 0 Å². The van der Waals surface area contributed by atoms with Crippen molar-refractivity contribution >= 4 is 29.3 Å². The summed E-state index contributed by atoms with van der Waals surface area (Å²) in [7, 11) is 0. The summed E-state index contributed by atoms with van der Waals surface area (Å²) < 4.78 is 5.29. The van der Waals surface area contributed by atoms with Gasteiger partial charge in [-0.1, -0.05) is 12.1 Å². The third-order valence-corrected chi connectivity index (χ3v) is 3.72. The number of nitrogens with zero attached hydrogens (tertiary/aromatic N) is 2. The van der Waals surface area contributed by atoms with E-state index in [4.69, 9.17) is 4.74 Å². The van der Waals surface area contributed by atoms with Gasteiger partial charge in [0.05, 0.1) is 6.21 Å². The Bertz CT molecular complexity index is 784. The molecule has 114 valence electrons. The Hall–Kier alpha value is -2.99. The molecule has 0 unspecified atom stereocenters. The first kappa shape index (κ1) is 14.9. The predicted octanol–water partition coefficient (Wildman–Crippen LogP) is 3.81. The van der Waals surface area contributed by atoms with Crippen LogP contribution in [0.1, 0.15) is 15.2 Å². The minimum atomic E-state index is -0.349. The van der Waals surface area contributed by atoms with Crippen LogP contribution in [0.25, 0.3) is 0 Å². The summed E-state index contributed by atoms with van der Waals surface area (Å²) in [5, 5.41) is 5.94. The molecule has 0 aliphatic heterocycles. The van der Waals surface area contributed by atoms with Crippen LogP contribution in [0.15, 0.2) is 71.3 Å². The summed E-state index contributed by atoms with van der Waals surface area (Å²) in [5.41, 5.74) is 3.71. The number of hydrazone groups is 1. The molecule has 0 spiro atoms. The molecule has 0 aliphatic rings. The fourth-order valence-electron chi connectivity index (χ4n) is 1.78. The maximum absolute atomic E-state index is 11.8. The molecule has 6 heteroatoms. The average Bonchev–Trinajstić information content (AvgIpc) is 3.12. The molecule has 0 bridgehead atoms. The van der Waals surface area contributed by atoms with E-state index >= 15 is 0 Å². The number of nitrogens with one attached hydrogen (secondary N) is 1. The Morgan fingerprint density at radius 1 is 1.13 bits per heavy atom. The minimum absolute atomic E-state index is 0.349. The number of esters is 1. The Morgan fingerprint density at radius 3 is 2.70 bits per heavy atom. The number of hydrogen-bond donors (Lipinski definition) is 1. The van der Waals surface area contributed by atoms with E-state index in [1.54, 1.807) is 30.6 Å². The zero-order valence-corrected chi connectivity index (χ0v) is 12.9. The summed E-state index contributed by atoms with van der Waals surface area (Å²) in [6.07, 6.45) is 3.36. The molecule has 3 rings (SSSR count). The highest BCUT2D eigenvalue weighted by Gasteiger charge is 2.08. The molecule has 0 amide bonds. The van der Waals surface area contributed by atoms with E-state index in [1.807, 2.05) is 41.8 Å². The smallest absolute Gasteiger partial charge is 0.353 e. The topological polar surface area (TPSA) is 63.6 Å². The molecule has 0 saturated carbocycles. The van der Waals surface area contributed by atoms with Crippen molar-refractivity contribution in [2.24, 2.45) is 5.10 Å². The normalized spacial score (nSPS) is 10.6. The Labute approximate surface area is 137 Å². The zero-order chi connectivity index (χ0) is 15.9. The van der Waals surface area contributed by atoms with Crippen LogP contribution in [0.5, 0.6) is 5.75 Å². The van der Waals surface area contributed by atoms with Crippen molar-refractivity contribution in [3.8, 4) is 5.75 Å². The van der Waals surface area contributed by atoms with Gasteiger partial charge in [-0.2, -0.15) is 5.10 Å². The molecule has 2 aromatic heterocycles. The number of benzene rings is 1. The largest absolute Gasteiger partial charge is 0.422 e. The first-order valence-electron chi connectivity index (χ1n) is 6.87. The van der Waals surface area contributed by atoms with Gasteiger partial charge >= 0.3 is 5.97 Å². The lowest BCUT2D eigenvalue weighted by atomic mass is 10.2. The second kappa shape index (κ2) is 7.33.